The number of halogens is 1. The molecule has 0 aromatic heterocycles. The van der Waals surface area contributed by atoms with Gasteiger partial charge in [0.05, 0.1) is 0 Å². The minimum atomic E-state index is 0.132. The van der Waals surface area contributed by atoms with E-state index in [1.807, 2.05) is 30.9 Å². The summed E-state index contributed by atoms with van der Waals surface area (Å²) in [6.07, 6.45) is 0. The van der Waals surface area contributed by atoms with Crippen LogP contribution in [0.2, 0.25) is 0 Å². The zero-order chi connectivity index (χ0) is 13.0. The van der Waals surface area contributed by atoms with Crippen LogP contribution in [0.4, 0.5) is 0 Å². The number of carbonyl (C=O) groups is 1. The molecular formula is C14H20BrNO. The summed E-state index contributed by atoms with van der Waals surface area (Å²) < 4.78 is 0. The minimum Gasteiger partial charge on any atom is -0.339 e. The second-order valence-corrected chi connectivity index (χ2v) is 4.71. The van der Waals surface area contributed by atoms with Crippen LogP contribution in [0.3, 0.4) is 0 Å². The first-order valence-corrected chi connectivity index (χ1v) is 7.13. The Kier molecular flexibility index (Phi) is 5.19. The summed E-state index contributed by atoms with van der Waals surface area (Å²) in [5.41, 5.74) is 4.38. The van der Waals surface area contributed by atoms with Crippen LogP contribution in [-0.2, 0) is 5.33 Å². The van der Waals surface area contributed by atoms with Gasteiger partial charge in [-0.05, 0) is 50.5 Å². The minimum absolute atomic E-state index is 0.132. The zero-order valence-electron chi connectivity index (χ0n) is 11.0. The molecule has 0 radical (unpaired) electrons. The molecule has 0 fully saturated rings. The van der Waals surface area contributed by atoms with Crippen molar-refractivity contribution in [2.24, 2.45) is 0 Å². The van der Waals surface area contributed by atoms with Gasteiger partial charge < -0.3 is 4.90 Å². The number of amides is 1. The molecule has 17 heavy (non-hydrogen) atoms. The van der Waals surface area contributed by atoms with Crippen molar-refractivity contribution in [2.45, 2.75) is 33.0 Å². The molecular weight excluding hydrogens is 278 g/mol. The molecule has 0 heterocycles. The van der Waals surface area contributed by atoms with E-state index in [0.29, 0.717) is 0 Å². The number of aryl methyl sites for hydroxylation is 1. The summed E-state index contributed by atoms with van der Waals surface area (Å²) in [6, 6.07) is 3.97. The third-order valence-electron chi connectivity index (χ3n) is 3.28. The summed E-state index contributed by atoms with van der Waals surface area (Å²) in [4.78, 5) is 14.2. The lowest BCUT2D eigenvalue weighted by Crippen LogP contribution is -2.31. The highest BCUT2D eigenvalue weighted by atomic mass is 79.9. The Labute approximate surface area is 112 Å². The van der Waals surface area contributed by atoms with Crippen molar-refractivity contribution in [3.63, 3.8) is 0 Å². The van der Waals surface area contributed by atoms with E-state index >= 15 is 0 Å². The molecule has 0 saturated carbocycles. The molecule has 0 spiro atoms. The van der Waals surface area contributed by atoms with Crippen LogP contribution in [0, 0.1) is 13.8 Å². The molecule has 2 nitrogen and oxygen atoms in total. The number of benzene rings is 1. The molecule has 0 bridgehead atoms. The average molecular weight is 298 g/mol. The van der Waals surface area contributed by atoms with Crippen LogP contribution in [0.5, 0.6) is 0 Å². The Morgan fingerprint density at radius 3 is 2.29 bits per heavy atom. The highest BCUT2D eigenvalue weighted by molar-refractivity contribution is 9.08. The van der Waals surface area contributed by atoms with Crippen molar-refractivity contribution >= 4 is 21.8 Å². The lowest BCUT2D eigenvalue weighted by atomic mass is 9.98. The van der Waals surface area contributed by atoms with Gasteiger partial charge in [0.15, 0.2) is 0 Å². The molecule has 0 unspecified atom stereocenters. The van der Waals surface area contributed by atoms with E-state index in [1.165, 1.54) is 11.1 Å². The fourth-order valence-electron chi connectivity index (χ4n) is 1.93. The van der Waals surface area contributed by atoms with Gasteiger partial charge in [-0.2, -0.15) is 0 Å². The number of hydrogen-bond acceptors (Lipinski definition) is 1. The zero-order valence-corrected chi connectivity index (χ0v) is 12.6. The molecule has 1 rings (SSSR count). The van der Waals surface area contributed by atoms with Crippen molar-refractivity contribution in [2.75, 3.05) is 13.1 Å². The van der Waals surface area contributed by atoms with Crippen molar-refractivity contribution in [1.29, 1.82) is 0 Å². The number of carbonyl (C=O) groups excluding carboxylic acids is 1. The molecule has 0 atom stereocenters. The van der Waals surface area contributed by atoms with E-state index in [0.717, 1.165) is 29.5 Å². The van der Waals surface area contributed by atoms with Gasteiger partial charge in [0, 0.05) is 24.0 Å². The maximum atomic E-state index is 12.4. The monoisotopic (exact) mass is 297 g/mol. The molecule has 0 aliphatic carbocycles. The largest absolute Gasteiger partial charge is 0.339 e. The van der Waals surface area contributed by atoms with Gasteiger partial charge in [-0.25, -0.2) is 0 Å². The topological polar surface area (TPSA) is 20.3 Å². The third kappa shape index (κ3) is 2.89. The maximum absolute atomic E-state index is 12.4. The van der Waals surface area contributed by atoms with Crippen LogP contribution < -0.4 is 0 Å². The van der Waals surface area contributed by atoms with Gasteiger partial charge in [0.25, 0.3) is 5.91 Å². The maximum Gasteiger partial charge on any atom is 0.254 e. The first kappa shape index (κ1) is 14.2. The standard InChI is InChI=1S/C14H20BrNO/c1-5-16(6-2)14(17)12-8-7-10(3)11(4)13(12)9-15/h7-8H,5-6,9H2,1-4H3. The van der Waals surface area contributed by atoms with E-state index in [1.54, 1.807) is 0 Å². The van der Waals surface area contributed by atoms with E-state index in [9.17, 15) is 4.79 Å². The summed E-state index contributed by atoms with van der Waals surface area (Å²) in [5.74, 6) is 0.132. The van der Waals surface area contributed by atoms with E-state index < -0.39 is 0 Å². The highest BCUT2D eigenvalue weighted by Crippen LogP contribution is 2.22. The van der Waals surface area contributed by atoms with Crippen LogP contribution in [-0.4, -0.2) is 23.9 Å². The van der Waals surface area contributed by atoms with Gasteiger partial charge >= 0.3 is 0 Å². The summed E-state index contributed by atoms with van der Waals surface area (Å²) in [6.45, 7) is 9.68. The first-order chi connectivity index (χ1) is 8.06. The molecule has 0 N–H and O–H groups in total. The Bertz CT molecular complexity index is 411. The van der Waals surface area contributed by atoms with Gasteiger partial charge in [-0.1, -0.05) is 22.0 Å². The number of nitrogens with zero attached hydrogens (tertiary/aromatic N) is 1. The fourth-order valence-corrected chi connectivity index (χ4v) is 2.65. The van der Waals surface area contributed by atoms with E-state index in [-0.39, 0.29) is 5.91 Å². The fraction of sp³-hybridized carbons (Fsp3) is 0.500. The number of alkyl halides is 1. The number of rotatable bonds is 4. The van der Waals surface area contributed by atoms with E-state index in [4.69, 9.17) is 0 Å². The Morgan fingerprint density at radius 1 is 1.24 bits per heavy atom. The molecule has 1 amide bonds. The molecule has 94 valence electrons. The Balaban J connectivity index is 3.22. The highest BCUT2D eigenvalue weighted by Gasteiger charge is 2.17. The van der Waals surface area contributed by atoms with Crippen LogP contribution in [0.15, 0.2) is 12.1 Å². The van der Waals surface area contributed by atoms with Crippen molar-refractivity contribution < 1.29 is 4.79 Å². The first-order valence-electron chi connectivity index (χ1n) is 6.01. The summed E-state index contributed by atoms with van der Waals surface area (Å²) in [5, 5.41) is 0.725. The van der Waals surface area contributed by atoms with Gasteiger partial charge in [-0.15, -0.1) is 0 Å². The van der Waals surface area contributed by atoms with Crippen LogP contribution in [0.25, 0.3) is 0 Å². The second-order valence-electron chi connectivity index (χ2n) is 4.14. The molecule has 1 aromatic carbocycles. The summed E-state index contributed by atoms with van der Waals surface area (Å²) >= 11 is 3.48. The third-order valence-corrected chi connectivity index (χ3v) is 3.84. The molecule has 0 saturated heterocycles. The van der Waals surface area contributed by atoms with Gasteiger partial charge in [-0.3, -0.25) is 4.79 Å². The van der Waals surface area contributed by atoms with Gasteiger partial charge in [0.1, 0.15) is 0 Å². The quantitative estimate of drug-likeness (QED) is 0.777. The van der Waals surface area contributed by atoms with Crippen molar-refractivity contribution in [3.05, 3.63) is 34.4 Å². The molecule has 0 aliphatic rings. The lowest BCUT2D eigenvalue weighted by molar-refractivity contribution is 0.0772. The normalized spacial score (nSPS) is 10.4. The predicted octanol–water partition coefficient (Wildman–Crippen LogP) is 3.68. The molecule has 3 heteroatoms. The molecule has 0 aliphatic heterocycles. The van der Waals surface area contributed by atoms with Crippen LogP contribution >= 0.6 is 15.9 Å². The lowest BCUT2D eigenvalue weighted by Gasteiger charge is -2.21. The van der Waals surface area contributed by atoms with Crippen molar-refractivity contribution in [3.8, 4) is 0 Å². The summed E-state index contributed by atoms with van der Waals surface area (Å²) in [7, 11) is 0. The van der Waals surface area contributed by atoms with E-state index in [2.05, 4.69) is 29.8 Å². The van der Waals surface area contributed by atoms with Crippen molar-refractivity contribution in [1.82, 2.24) is 4.90 Å². The predicted molar refractivity (Wildman–Crippen MR) is 75.8 cm³/mol. The Hall–Kier alpha value is -0.830. The van der Waals surface area contributed by atoms with Crippen LogP contribution in [0.1, 0.15) is 40.9 Å². The Morgan fingerprint density at radius 2 is 1.82 bits per heavy atom. The molecule has 1 aromatic rings. The SMILES string of the molecule is CCN(CC)C(=O)c1ccc(C)c(C)c1CBr. The average Bonchev–Trinajstić information content (AvgIpc) is 2.33. The smallest absolute Gasteiger partial charge is 0.254 e. The second kappa shape index (κ2) is 6.20. The number of hydrogen-bond donors (Lipinski definition) is 0. The van der Waals surface area contributed by atoms with Gasteiger partial charge in [0.2, 0.25) is 0 Å².